The van der Waals surface area contributed by atoms with E-state index in [1.165, 1.54) is 0 Å². The van der Waals surface area contributed by atoms with E-state index >= 15 is 0 Å². The number of alkyl halides is 1. The largest absolute Gasteiger partial charge is 0.307 e. The molecular formula is C14H13ClN4. The summed E-state index contributed by atoms with van der Waals surface area (Å²) in [6.07, 6.45) is 3.61. The molecule has 0 aliphatic heterocycles. The molecule has 4 nitrogen and oxygen atoms in total. The molecular weight excluding hydrogens is 260 g/mol. The third kappa shape index (κ3) is 2.31. The minimum Gasteiger partial charge on any atom is -0.307 e. The lowest BCUT2D eigenvalue weighted by atomic mass is 10.3. The number of pyridine rings is 2. The number of fused-ring (bicyclic) bond motifs is 1. The highest BCUT2D eigenvalue weighted by Crippen LogP contribution is 2.18. The van der Waals surface area contributed by atoms with Crippen LogP contribution in [-0.2, 0) is 12.4 Å². The summed E-state index contributed by atoms with van der Waals surface area (Å²) >= 11 is 5.98. The molecule has 0 fully saturated rings. The summed E-state index contributed by atoms with van der Waals surface area (Å²) in [5.41, 5.74) is 3.84. The number of halogens is 1. The molecule has 0 spiro atoms. The Morgan fingerprint density at radius 2 is 2.11 bits per heavy atom. The Labute approximate surface area is 116 Å². The van der Waals surface area contributed by atoms with Crippen molar-refractivity contribution in [2.24, 2.45) is 0 Å². The van der Waals surface area contributed by atoms with Gasteiger partial charge in [0.2, 0.25) is 0 Å². The van der Waals surface area contributed by atoms with Crippen molar-refractivity contribution in [3.63, 3.8) is 0 Å². The molecule has 0 saturated heterocycles. The van der Waals surface area contributed by atoms with Gasteiger partial charge in [-0.15, -0.1) is 11.6 Å². The van der Waals surface area contributed by atoms with Crippen LogP contribution in [0.25, 0.3) is 11.2 Å². The van der Waals surface area contributed by atoms with E-state index < -0.39 is 0 Å². The molecule has 0 amide bonds. The van der Waals surface area contributed by atoms with E-state index in [0.717, 1.165) is 28.2 Å². The molecule has 0 saturated carbocycles. The van der Waals surface area contributed by atoms with E-state index in [-0.39, 0.29) is 0 Å². The number of hydrogen-bond acceptors (Lipinski definition) is 3. The normalized spacial score (nSPS) is 11.1. The van der Waals surface area contributed by atoms with E-state index in [1.807, 2.05) is 42.0 Å². The summed E-state index contributed by atoms with van der Waals surface area (Å²) < 4.78 is 2.05. The number of nitrogens with zero attached hydrogens (tertiary/aromatic N) is 4. The van der Waals surface area contributed by atoms with E-state index in [4.69, 9.17) is 11.6 Å². The zero-order valence-corrected chi connectivity index (χ0v) is 11.3. The van der Waals surface area contributed by atoms with E-state index in [9.17, 15) is 0 Å². The monoisotopic (exact) mass is 272 g/mol. The van der Waals surface area contributed by atoms with Crippen molar-refractivity contribution in [1.29, 1.82) is 0 Å². The lowest BCUT2D eigenvalue weighted by Crippen LogP contribution is -2.05. The first-order valence-corrected chi connectivity index (χ1v) is 6.59. The second kappa shape index (κ2) is 4.97. The molecule has 0 aliphatic rings. The van der Waals surface area contributed by atoms with Crippen molar-refractivity contribution >= 4 is 22.8 Å². The second-order valence-corrected chi connectivity index (χ2v) is 4.67. The number of aromatic nitrogens is 4. The molecule has 0 aromatic carbocycles. The van der Waals surface area contributed by atoms with Crippen LogP contribution in [0.5, 0.6) is 0 Å². The minimum atomic E-state index is 0.371. The van der Waals surface area contributed by atoms with Crippen molar-refractivity contribution in [3.8, 4) is 0 Å². The first kappa shape index (κ1) is 12.1. The Balaban J connectivity index is 2.12. The van der Waals surface area contributed by atoms with Gasteiger partial charge < -0.3 is 4.57 Å². The quantitative estimate of drug-likeness (QED) is 0.689. The van der Waals surface area contributed by atoms with Gasteiger partial charge in [-0.05, 0) is 30.7 Å². The van der Waals surface area contributed by atoms with Gasteiger partial charge in [0, 0.05) is 18.1 Å². The standard InChI is InChI=1S/C14H13ClN4/c1-10-4-5-12-14(17-10)19(13(7-15)18-12)9-11-3-2-6-16-8-11/h2-6,8H,7,9H2,1H3. The van der Waals surface area contributed by atoms with Crippen LogP contribution in [-0.4, -0.2) is 19.5 Å². The van der Waals surface area contributed by atoms with Crippen LogP contribution in [0.1, 0.15) is 17.1 Å². The molecule has 3 heterocycles. The van der Waals surface area contributed by atoms with Crippen LogP contribution in [0, 0.1) is 6.92 Å². The zero-order valence-electron chi connectivity index (χ0n) is 10.5. The summed E-state index contributed by atoms with van der Waals surface area (Å²) in [5.74, 6) is 1.20. The Morgan fingerprint density at radius 3 is 2.84 bits per heavy atom. The molecule has 3 aromatic rings. The molecule has 3 rings (SSSR count). The maximum Gasteiger partial charge on any atom is 0.160 e. The molecule has 19 heavy (non-hydrogen) atoms. The van der Waals surface area contributed by atoms with Gasteiger partial charge in [-0.3, -0.25) is 4.98 Å². The Kier molecular flexibility index (Phi) is 3.17. The topological polar surface area (TPSA) is 43.6 Å². The van der Waals surface area contributed by atoms with Crippen LogP contribution < -0.4 is 0 Å². The highest BCUT2D eigenvalue weighted by Gasteiger charge is 2.11. The average molecular weight is 273 g/mol. The van der Waals surface area contributed by atoms with E-state index in [2.05, 4.69) is 15.0 Å². The highest BCUT2D eigenvalue weighted by molar-refractivity contribution is 6.16. The van der Waals surface area contributed by atoms with E-state index in [0.29, 0.717) is 12.4 Å². The smallest absolute Gasteiger partial charge is 0.160 e. The van der Waals surface area contributed by atoms with Crippen LogP contribution >= 0.6 is 11.6 Å². The number of hydrogen-bond donors (Lipinski definition) is 0. The maximum atomic E-state index is 5.98. The van der Waals surface area contributed by atoms with E-state index in [1.54, 1.807) is 6.20 Å². The number of rotatable bonds is 3. The third-order valence-electron chi connectivity index (χ3n) is 2.99. The molecule has 0 atom stereocenters. The highest BCUT2D eigenvalue weighted by atomic mass is 35.5. The minimum absolute atomic E-state index is 0.371. The fourth-order valence-electron chi connectivity index (χ4n) is 2.09. The van der Waals surface area contributed by atoms with Crippen molar-refractivity contribution < 1.29 is 0 Å². The SMILES string of the molecule is Cc1ccc2nc(CCl)n(Cc3cccnc3)c2n1. The lowest BCUT2D eigenvalue weighted by Gasteiger charge is -2.07. The summed E-state index contributed by atoms with van der Waals surface area (Å²) in [5, 5.41) is 0. The predicted molar refractivity (Wildman–Crippen MR) is 75.2 cm³/mol. The molecule has 96 valence electrons. The van der Waals surface area contributed by atoms with Crippen molar-refractivity contribution in [2.75, 3.05) is 0 Å². The number of imidazole rings is 1. The summed E-state index contributed by atoms with van der Waals surface area (Å²) in [7, 11) is 0. The molecule has 0 unspecified atom stereocenters. The summed E-state index contributed by atoms with van der Waals surface area (Å²) in [4.78, 5) is 13.2. The molecule has 0 bridgehead atoms. The second-order valence-electron chi connectivity index (χ2n) is 4.40. The Hall–Kier alpha value is -1.94. The van der Waals surface area contributed by atoms with Crippen molar-refractivity contribution in [1.82, 2.24) is 19.5 Å². The zero-order chi connectivity index (χ0) is 13.2. The number of aryl methyl sites for hydroxylation is 1. The fraction of sp³-hybridized carbons (Fsp3) is 0.214. The first-order valence-electron chi connectivity index (χ1n) is 6.05. The van der Waals surface area contributed by atoms with Gasteiger partial charge in [-0.25, -0.2) is 9.97 Å². The molecule has 3 aromatic heterocycles. The lowest BCUT2D eigenvalue weighted by molar-refractivity contribution is 0.766. The molecule has 0 aliphatic carbocycles. The van der Waals surface area contributed by atoms with Gasteiger partial charge >= 0.3 is 0 Å². The third-order valence-corrected chi connectivity index (χ3v) is 3.23. The van der Waals surface area contributed by atoms with Crippen molar-refractivity contribution in [2.45, 2.75) is 19.3 Å². The van der Waals surface area contributed by atoms with Gasteiger partial charge in [0.1, 0.15) is 11.3 Å². The van der Waals surface area contributed by atoms with Gasteiger partial charge in [-0.1, -0.05) is 6.07 Å². The van der Waals surface area contributed by atoms with Gasteiger partial charge in [0.15, 0.2) is 5.65 Å². The predicted octanol–water partition coefficient (Wildman–Crippen LogP) is 2.92. The first-order chi connectivity index (χ1) is 9.28. The fourth-order valence-corrected chi connectivity index (χ4v) is 2.29. The van der Waals surface area contributed by atoms with Gasteiger partial charge in [-0.2, -0.15) is 0 Å². The van der Waals surface area contributed by atoms with Crippen LogP contribution in [0.2, 0.25) is 0 Å². The van der Waals surface area contributed by atoms with Crippen molar-refractivity contribution in [3.05, 3.63) is 53.7 Å². The molecule has 0 radical (unpaired) electrons. The maximum absolute atomic E-state index is 5.98. The Morgan fingerprint density at radius 1 is 1.21 bits per heavy atom. The Bertz CT molecular complexity index is 706. The summed E-state index contributed by atoms with van der Waals surface area (Å²) in [6.45, 7) is 2.66. The van der Waals surface area contributed by atoms with Crippen LogP contribution in [0.4, 0.5) is 0 Å². The van der Waals surface area contributed by atoms with Gasteiger partial charge in [0.25, 0.3) is 0 Å². The average Bonchev–Trinajstić information content (AvgIpc) is 2.78. The van der Waals surface area contributed by atoms with Gasteiger partial charge in [0.05, 0.1) is 12.4 Å². The van der Waals surface area contributed by atoms with Crippen LogP contribution in [0.15, 0.2) is 36.7 Å². The molecule has 0 N–H and O–H groups in total. The molecule has 5 heteroatoms. The van der Waals surface area contributed by atoms with Crippen LogP contribution in [0.3, 0.4) is 0 Å². The summed E-state index contributed by atoms with van der Waals surface area (Å²) in [6, 6.07) is 7.90.